The number of hydrogen-bond donors (Lipinski definition) is 0. The Balaban J connectivity index is 2.11. The molecule has 3 aromatic carbocycles. The first-order valence-corrected chi connectivity index (χ1v) is 10.3. The van der Waals surface area contributed by atoms with Gasteiger partial charge in [-0.05, 0) is 43.7 Å². The van der Waals surface area contributed by atoms with Crippen LogP contribution in [0.4, 0.5) is 5.69 Å². The van der Waals surface area contributed by atoms with E-state index in [1.54, 1.807) is 42.5 Å². The number of sulfonamides is 1. The SMILES string of the molecule is CCOc1ccccc1N(Cc1ccc(C)cc1)S(=O)(=O)c1ccccc1. The summed E-state index contributed by atoms with van der Waals surface area (Å²) in [6, 6.07) is 23.6. The molecular formula is C22H23NO3S. The Morgan fingerprint density at radius 1 is 0.852 bits per heavy atom. The van der Waals surface area contributed by atoms with E-state index in [2.05, 4.69) is 0 Å². The molecule has 4 nitrogen and oxygen atoms in total. The standard InChI is InChI=1S/C22H23NO3S/c1-3-26-22-12-8-7-11-21(22)23(17-19-15-13-18(2)14-16-19)27(24,25)20-9-5-4-6-10-20/h4-16H,3,17H2,1-2H3. The van der Waals surface area contributed by atoms with Crippen LogP contribution in [-0.2, 0) is 16.6 Å². The van der Waals surface area contributed by atoms with E-state index in [1.807, 2.05) is 50.2 Å². The molecule has 0 saturated heterocycles. The summed E-state index contributed by atoms with van der Waals surface area (Å²) in [6.45, 7) is 4.57. The van der Waals surface area contributed by atoms with E-state index in [0.717, 1.165) is 11.1 Å². The molecule has 27 heavy (non-hydrogen) atoms. The van der Waals surface area contributed by atoms with Crippen LogP contribution in [0.1, 0.15) is 18.1 Å². The summed E-state index contributed by atoms with van der Waals surface area (Å²) < 4.78 is 34.0. The monoisotopic (exact) mass is 381 g/mol. The van der Waals surface area contributed by atoms with Gasteiger partial charge in [-0.3, -0.25) is 4.31 Å². The average molecular weight is 381 g/mol. The Labute approximate surface area is 161 Å². The number of aryl methyl sites for hydroxylation is 1. The average Bonchev–Trinajstić information content (AvgIpc) is 2.69. The van der Waals surface area contributed by atoms with Crippen molar-refractivity contribution in [1.82, 2.24) is 0 Å². The molecule has 0 aliphatic heterocycles. The van der Waals surface area contributed by atoms with Crippen LogP contribution >= 0.6 is 0 Å². The second-order valence-electron chi connectivity index (χ2n) is 6.21. The van der Waals surface area contributed by atoms with Crippen LogP contribution in [0.15, 0.2) is 83.8 Å². The third-order valence-corrected chi connectivity index (χ3v) is 5.99. The summed E-state index contributed by atoms with van der Waals surface area (Å²) in [6.07, 6.45) is 0. The van der Waals surface area contributed by atoms with Gasteiger partial charge in [0, 0.05) is 0 Å². The van der Waals surface area contributed by atoms with Crippen molar-refractivity contribution in [2.24, 2.45) is 0 Å². The van der Waals surface area contributed by atoms with Gasteiger partial charge in [-0.25, -0.2) is 8.42 Å². The lowest BCUT2D eigenvalue weighted by atomic mass is 10.1. The third-order valence-electron chi connectivity index (χ3n) is 4.21. The first-order chi connectivity index (χ1) is 13.0. The largest absolute Gasteiger partial charge is 0.492 e. The second-order valence-corrected chi connectivity index (χ2v) is 8.07. The minimum Gasteiger partial charge on any atom is -0.492 e. The number of benzene rings is 3. The van der Waals surface area contributed by atoms with Gasteiger partial charge in [-0.15, -0.1) is 0 Å². The van der Waals surface area contributed by atoms with E-state index in [1.165, 1.54) is 4.31 Å². The van der Waals surface area contributed by atoms with Crippen molar-refractivity contribution >= 4 is 15.7 Å². The summed E-state index contributed by atoms with van der Waals surface area (Å²) in [5.41, 5.74) is 2.57. The van der Waals surface area contributed by atoms with Crippen LogP contribution in [0, 0.1) is 6.92 Å². The lowest BCUT2D eigenvalue weighted by molar-refractivity contribution is 0.341. The van der Waals surface area contributed by atoms with E-state index >= 15 is 0 Å². The molecule has 0 heterocycles. The molecule has 3 rings (SSSR count). The fraction of sp³-hybridized carbons (Fsp3) is 0.182. The van der Waals surface area contributed by atoms with Crippen molar-refractivity contribution in [3.63, 3.8) is 0 Å². The van der Waals surface area contributed by atoms with E-state index in [-0.39, 0.29) is 11.4 Å². The molecule has 0 bridgehead atoms. The molecule has 0 amide bonds. The molecule has 0 radical (unpaired) electrons. The fourth-order valence-corrected chi connectivity index (χ4v) is 4.30. The maximum absolute atomic E-state index is 13.4. The Hall–Kier alpha value is -2.79. The zero-order chi connectivity index (χ0) is 19.3. The maximum Gasteiger partial charge on any atom is 0.264 e. The van der Waals surface area contributed by atoms with Gasteiger partial charge < -0.3 is 4.74 Å². The molecule has 0 aromatic heterocycles. The van der Waals surface area contributed by atoms with Gasteiger partial charge in [0.1, 0.15) is 5.75 Å². The van der Waals surface area contributed by atoms with Crippen molar-refractivity contribution in [3.8, 4) is 5.75 Å². The van der Waals surface area contributed by atoms with E-state index in [9.17, 15) is 8.42 Å². The molecular weight excluding hydrogens is 358 g/mol. The van der Waals surface area contributed by atoms with Crippen molar-refractivity contribution in [1.29, 1.82) is 0 Å². The van der Waals surface area contributed by atoms with Gasteiger partial charge in [-0.1, -0.05) is 60.2 Å². The van der Waals surface area contributed by atoms with Crippen LogP contribution in [0.2, 0.25) is 0 Å². The molecule has 5 heteroatoms. The molecule has 0 saturated carbocycles. The van der Waals surface area contributed by atoms with Crippen LogP contribution in [0.3, 0.4) is 0 Å². The topological polar surface area (TPSA) is 46.6 Å². The van der Waals surface area contributed by atoms with Crippen molar-refractivity contribution in [2.45, 2.75) is 25.3 Å². The van der Waals surface area contributed by atoms with Gasteiger partial charge in [-0.2, -0.15) is 0 Å². The zero-order valence-electron chi connectivity index (χ0n) is 15.5. The molecule has 0 atom stereocenters. The van der Waals surface area contributed by atoms with Crippen LogP contribution in [0.25, 0.3) is 0 Å². The van der Waals surface area contributed by atoms with Crippen molar-refractivity contribution < 1.29 is 13.2 Å². The Bertz CT molecular complexity index is 984. The summed E-state index contributed by atoms with van der Waals surface area (Å²) in [4.78, 5) is 0.253. The van der Waals surface area contributed by atoms with Crippen LogP contribution < -0.4 is 9.04 Å². The van der Waals surface area contributed by atoms with E-state index in [0.29, 0.717) is 18.0 Å². The number of para-hydroxylation sites is 2. The Morgan fingerprint density at radius 2 is 1.48 bits per heavy atom. The first kappa shape index (κ1) is 19.0. The highest BCUT2D eigenvalue weighted by Gasteiger charge is 2.27. The molecule has 140 valence electrons. The highest BCUT2D eigenvalue weighted by Crippen LogP contribution is 2.33. The first-order valence-electron chi connectivity index (χ1n) is 8.87. The summed E-state index contributed by atoms with van der Waals surface area (Å²) in [7, 11) is -3.75. The predicted molar refractivity (Wildman–Crippen MR) is 109 cm³/mol. The number of rotatable bonds is 7. The fourth-order valence-electron chi connectivity index (χ4n) is 2.82. The van der Waals surface area contributed by atoms with Gasteiger partial charge >= 0.3 is 0 Å². The molecule has 0 unspecified atom stereocenters. The van der Waals surface area contributed by atoms with Gasteiger partial charge in [0.05, 0.1) is 23.7 Å². The third kappa shape index (κ3) is 4.31. The molecule has 0 fully saturated rings. The predicted octanol–water partition coefficient (Wildman–Crippen LogP) is 4.79. The molecule has 3 aromatic rings. The smallest absolute Gasteiger partial charge is 0.264 e. The maximum atomic E-state index is 13.4. The van der Waals surface area contributed by atoms with Crippen LogP contribution in [0.5, 0.6) is 5.75 Å². The van der Waals surface area contributed by atoms with Crippen molar-refractivity contribution in [3.05, 3.63) is 90.0 Å². The molecule has 0 N–H and O–H groups in total. The zero-order valence-corrected chi connectivity index (χ0v) is 16.3. The Kier molecular flexibility index (Phi) is 5.81. The molecule has 0 spiro atoms. The summed E-state index contributed by atoms with van der Waals surface area (Å²) in [5.74, 6) is 0.548. The minimum atomic E-state index is -3.75. The van der Waals surface area contributed by atoms with Crippen molar-refractivity contribution in [2.75, 3.05) is 10.9 Å². The number of ether oxygens (including phenoxy) is 1. The minimum absolute atomic E-state index is 0.224. The highest BCUT2D eigenvalue weighted by molar-refractivity contribution is 7.92. The Morgan fingerprint density at radius 3 is 2.15 bits per heavy atom. The van der Waals surface area contributed by atoms with Gasteiger partial charge in [0.25, 0.3) is 10.0 Å². The lowest BCUT2D eigenvalue weighted by Gasteiger charge is -2.26. The normalized spacial score (nSPS) is 11.2. The van der Waals surface area contributed by atoms with Gasteiger partial charge in [0.2, 0.25) is 0 Å². The molecule has 0 aliphatic carbocycles. The van der Waals surface area contributed by atoms with Gasteiger partial charge in [0.15, 0.2) is 0 Å². The highest BCUT2D eigenvalue weighted by atomic mass is 32.2. The number of nitrogens with zero attached hydrogens (tertiary/aromatic N) is 1. The summed E-state index contributed by atoms with van der Waals surface area (Å²) >= 11 is 0. The lowest BCUT2D eigenvalue weighted by Crippen LogP contribution is -2.31. The number of anilines is 1. The second kappa shape index (κ2) is 8.27. The summed E-state index contributed by atoms with van der Waals surface area (Å²) in [5, 5.41) is 0. The van der Waals surface area contributed by atoms with Crippen LogP contribution in [-0.4, -0.2) is 15.0 Å². The number of hydrogen-bond acceptors (Lipinski definition) is 3. The molecule has 0 aliphatic rings. The van der Waals surface area contributed by atoms with E-state index in [4.69, 9.17) is 4.74 Å². The van der Waals surface area contributed by atoms with E-state index < -0.39 is 10.0 Å². The quantitative estimate of drug-likeness (QED) is 0.591.